The van der Waals surface area contributed by atoms with Gasteiger partial charge in [0.1, 0.15) is 11.4 Å². The van der Waals surface area contributed by atoms with Crippen LogP contribution in [0.25, 0.3) is 0 Å². The molecule has 0 aliphatic carbocycles. The Morgan fingerprint density at radius 2 is 2.05 bits per heavy atom. The minimum absolute atomic E-state index is 0.0915. The predicted octanol–water partition coefficient (Wildman–Crippen LogP) is 3.04. The van der Waals surface area contributed by atoms with Gasteiger partial charge in [0.15, 0.2) is 5.78 Å². The van der Waals surface area contributed by atoms with Crippen molar-refractivity contribution in [2.75, 3.05) is 19.0 Å². The highest BCUT2D eigenvalue weighted by molar-refractivity contribution is 6.02. The highest BCUT2D eigenvalue weighted by Gasteiger charge is 2.19. The standard InChI is InChI=1S/C15H22N2O4/c1-15(2,3)21-14(19)17-13-11(7-5-9-16-13)12(18)8-6-10-20-4/h5,7,9H,6,8,10H2,1-4H3,(H,16,17,19). The van der Waals surface area contributed by atoms with E-state index in [1.807, 2.05) is 0 Å². The Morgan fingerprint density at radius 1 is 1.33 bits per heavy atom. The number of ether oxygens (including phenoxy) is 2. The van der Waals surface area contributed by atoms with Crippen LogP contribution in [0.4, 0.5) is 10.6 Å². The zero-order chi connectivity index (χ0) is 15.9. The number of anilines is 1. The second-order valence-electron chi connectivity index (χ2n) is 5.55. The number of nitrogens with zero attached hydrogens (tertiary/aromatic N) is 1. The van der Waals surface area contributed by atoms with E-state index in [9.17, 15) is 9.59 Å². The monoisotopic (exact) mass is 294 g/mol. The summed E-state index contributed by atoms with van der Waals surface area (Å²) in [6, 6.07) is 3.29. The maximum atomic E-state index is 12.1. The normalized spacial score (nSPS) is 11.0. The van der Waals surface area contributed by atoms with Crippen molar-refractivity contribution in [1.29, 1.82) is 0 Å². The lowest BCUT2D eigenvalue weighted by atomic mass is 10.1. The van der Waals surface area contributed by atoms with Crippen molar-refractivity contribution in [2.24, 2.45) is 0 Å². The van der Waals surface area contributed by atoms with Gasteiger partial charge in [-0.3, -0.25) is 10.1 Å². The van der Waals surface area contributed by atoms with Crippen molar-refractivity contribution in [2.45, 2.75) is 39.2 Å². The van der Waals surface area contributed by atoms with Crippen molar-refractivity contribution in [3.05, 3.63) is 23.9 Å². The highest BCUT2D eigenvalue weighted by atomic mass is 16.6. The maximum absolute atomic E-state index is 12.1. The molecule has 0 fully saturated rings. The fraction of sp³-hybridized carbons (Fsp3) is 0.533. The number of pyridine rings is 1. The third-order valence-electron chi connectivity index (χ3n) is 2.48. The molecular formula is C15H22N2O4. The number of hydrogen-bond donors (Lipinski definition) is 1. The zero-order valence-electron chi connectivity index (χ0n) is 12.9. The number of carbonyl (C=O) groups is 2. The summed E-state index contributed by atoms with van der Waals surface area (Å²) in [4.78, 5) is 27.9. The first kappa shape index (κ1) is 17.1. The first-order valence-corrected chi connectivity index (χ1v) is 6.80. The Labute approximate surface area is 124 Å². The van der Waals surface area contributed by atoms with Gasteiger partial charge in [0, 0.05) is 26.3 Å². The van der Waals surface area contributed by atoms with E-state index < -0.39 is 11.7 Å². The summed E-state index contributed by atoms with van der Waals surface area (Å²) in [5.74, 6) is 0.125. The molecule has 1 rings (SSSR count). The van der Waals surface area contributed by atoms with E-state index in [1.54, 1.807) is 40.0 Å². The van der Waals surface area contributed by atoms with Crippen LogP contribution >= 0.6 is 0 Å². The van der Waals surface area contributed by atoms with Gasteiger partial charge in [-0.1, -0.05) is 0 Å². The van der Waals surface area contributed by atoms with E-state index in [-0.39, 0.29) is 11.6 Å². The maximum Gasteiger partial charge on any atom is 0.413 e. The predicted molar refractivity (Wildman–Crippen MR) is 79.5 cm³/mol. The molecule has 0 saturated carbocycles. The van der Waals surface area contributed by atoms with Crippen LogP contribution in [0.5, 0.6) is 0 Å². The second-order valence-corrected chi connectivity index (χ2v) is 5.55. The lowest BCUT2D eigenvalue weighted by Crippen LogP contribution is -2.28. The van der Waals surface area contributed by atoms with Gasteiger partial charge in [-0.25, -0.2) is 9.78 Å². The molecule has 0 aliphatic rings. The molecule has 1 heterocycles. The number of carbonyl (C=O) groups excluding carboxylic acids is 2. The average molecular weight is 294 g/mol. The van der Waals surface area contributed by atoms with Crippen LogP contribution in [0.1, 0.15) is 44.0 Å². The molecule has 1 N–H and O–H groups in total. The largest absolute Gasteiger partial charge is 0.444 e. The molecule has 21 heavy (non-hydrogen) atoms. The van der Waals surface area contributed by atoms with Crippen LogP contribution < -0.4 is 5.32 Å². The molecule has 0 unspecified atom stereocenters. The molecule has 0 aromatic carbocycles. The van der Waals surface area contributed by atoms with Crippen LogP contribution in [0.2, 0.25) is 0 Å². The first-order chi connectivity index (χ1) is 9.83. The number of amides is 1. The quantitative estimate of drug-likeness (QED) is 0.644. The molecular weight excluding hydrogens is 272 g/mol. The second kappa shape index (κ2) is 7.73. The van der Waals surface area contributed by atoms with Gasteiger partial charge in [0.25, 0.3) is 0 Å². The van der Waals surface area contributed by atoms with Gasteiger partial charge in [0.2, 0.25) is 0 Å². The topological polar surface area (TPSA) is 77.5 Å². The minimum Gasteiger partial charge on any atom is -0.444 e. The molecule has 0 aliphatic heterocycles. The first-order valence-electron chi connectivity index (χ1n) is 6.80. The summed E-state index contributed by atoms with van der Waals surface area (Å²) in [5.41, 5.74) is -0.235. The Morgan fingerprint density at radius 3 is 2.67 bits per heavy atom. The average Bonchev–Trinajstić information content (AvgIpc) is 2.37. The molecule has 0 radical (unpaired) electrons. The van der Waals surface area contributed by atoms with E-state index in [2.05, 4.69) is 10.3 Å². The third-order valence-corrected chi connectivity index (χ3v) is 2.48. The summed E-state index contributed by atoms with van der Waals surface area (Å²) in [6.45, 7) is 5.81. The van der Waals surface area contributed by atoms with Gasteiger partial charge < -0.3 is 9.47 Å². The molecule has 1 aromatic rings. The van der Waals surface area contributed by atoms with E-state index in [1.165, 1.54) is 6.20 Å². The Balaban J connectivity index is 2.75. The third kappa shape index (κ3) is 6.35. The number of methoxy groups -OCH3 is 1. The molecule has 0 saturated heterocycles. The lowest BCUT2D eigenvalue weighted by molar-refractivity contribution is 0.0635. The Hall–Kier alpha value is -1.95. The summed E-state index contributed by atoms with van der Waals surface area (Å²) < 4.78 is 10.1. The lowest BCUT2D eigenvalue weighted by Gasteiger charge is -2.19. The fourth-order valence-electron chi connectivity index (χ4n) is 1.64. The summed E-state index contributed by atoms with van der Waals surface area (Å²) in [7, 11) is 1.59. The SMILES string of the molecule is COCCCC(=O)c1cccnc1NC(=O)OC(C)(C)C. The smallest absolute Gasteiger partial charge is 0.413 e. The molecule has 1 amide bonds. The Bertz CT molecular complexity index is 495. The molecule has 116 valence electrons. The van der Waals surface area contributed by atoms with Gasteiger partial charge in [0.05, 0.1) is 5.56 Å². The van der Waals surface area contributed by atoms with Gasteiger partial charge in [-0.05, 0) is 39.3 Å². The summed E-state index contributed by atoms with van der Waals surface area (Å²) >= 11 is 0. The van der Waals surface area contributed by atoms with Crippen molar-refractivity contribution in [3.8, 4) is 0 Å². The number of rotatable bonds is 6. The van der Waals surface area contributed by atoms with E-state index in [4.69, 9.17) is 9.47 Å². The van der Waals surface area contributed by atoms with Crippen molar-refractivity contribution in [1.82, 2.24) is 4.98 Å². The number of Topliss-reactive ketones (excluding diaryl/α,β-unsaturated/α-hetero) is 1. The van der Waals surface area contributed by atoms with Crippen LogP contribution in [-0.4, -0.2) is 36.2 Å². The van der Waals surface area contributed by atoms with E-state index >= 15 is 0 Å². The van der Waals surface area contributed by atoms with Gasteiger partial charge in [-0.15, -0.1) is 0 Å². The van der Waals surface area contributed by atoms with Crippen LogP contribution in [0.3, 0.4) is 0 Å². The Kier molecular flexibility index (Phi) is 6.30. The number of aromatic nitrogens is 1. The zero-order valence-corrected chi connectivity index (χ0v) is 12.9. The van der Waals surface area contributed by atoms with Crippen molar-refractivity contribution >= 4 is 17.7 Å². The molecule has 0 spiro atoms. The molecule has 0 atom stereocenters. The molecule has 1 aromatic heterocycles. The molecule has 0 bridgehead atoms. The van der Waals surface area contributed by atoms with E-state index in [0.29, 0.717) is 25.0 Å². The van der Waals surface area contributed by atoms with Gasteiger partial charge >= 0.3 is 6.09 Å². The fourth-order valence-corrected chi connectivity index (χ4v) is 1.64. The van der Waals surface area contributed by atoms with E-state index in [0.717, 1.165) is 0 Å². The van der Waals surface area contributed by atoms with Crippen LogP contribution in [0, 0.1) is 0 Å². The van der Waals surface area contributed by atoms with Crippen molar-refractivity contribution < 1.29 is 19.1 Å². The van der Waals surface area contributed by atoms with Gasteiger partial charge in [-0.2, -0.15) is 0 Å². The summed E-state index contributed by atoms with van der Waals surface area (Å²) in [5, 5.41) is 2.51. The number of ketones is 1. The van der Waals surface area contributed by atoms with Crippen molar-refractivity contribution in [3.63, 3.8) is 0 Å². The number of nitrogens with one attached hydrogen (secondary N) is 1. The highest BCUT2D eigenvalue weighted by Crippen LogP contribution is 2.16. The number of hydrogen-bond acceptors (Lipinski definition) is 5. The molecule has 6 nitrogen and oxygen atoms in total. The van der Waals surface area contributed by atoms with Crippen LogP contribution in [0.15, 0.2) is 18.3 Å². The minimum atomic E-state index is -0.632. The molecule has 6 heteroatoms. The van der Waals surface area contributed by atoms with Crippen LogP contribution in [-0.2, 0) is 9.47 Å². The summed E-state index contributed by atoms with van der Waals surface area (Å²) in [6.07, 6.45) is 1.84.